The average molecular weight is 201 g/mol. The Labute approximate surface area is 77.7 Å². The number of carbonyl (C=O) groups is 1. The molecule has 2 aromatic rings. The number of rotatable bonds is 0. The normalized spacial score (nSPS) is 8.69. The van der Waals surface area contributed by atoms with Gasteiger partial charge in [0.15, 0.2) is 0 Å². The number of carbonyl (C=O) groups excluding carboxylic acids is 1. The van der Waals surface area contributed by atoms with Crippen LogP contribution in [0.4, 0.5) is 4.79 Å². The van der Waals surface area contributed by atoms with Gasteiger partial charge in [0.05, 0.1) is 18.6 Å². The molecule has 1 N–H and O–H groups in total. The molecule has 2 rings (SSSR count). The van der Waals surface area contributed by atoms with E-state index in [0.29, 0.717) is 0 Å². The van der Waals surface area contributed by atoms with Crippen molar-refractivity contribution in [3.05, 3.63) is 24.8 Å². The smallest absolute Gasteiger partial charge is 0.266 e. The van der Waals surface area contributed by atoms with Gasteiger partial charge in [-0.15, -0.1) is 10.2 Å². The van der Waals surface area contributed by atoms with E-state index in [1.165, 1.54) is 12.4 Å². The summed E-state index contributed by atoms with van der Waals surface area (Å²) >= 11 is 4.97. The van der Waals surface area contributed by atoms with Crippen LogP contribution in [0.5, 0.6) is 0 Å². The van der Waals surface area contributed by atoms with Crippen LogP contribution in [0.15, 0.2) is 24.8 Å². The maximum Gasteiger partial charge on any atom is 0.342 e. The Bertz CT molecular complexity index is 313. The zero-order chi connectivity index (χ0) is 9.52. The molecule has 0 amide bonds. The van der Waals surface area contributed by atoms with Gasteiger partial charge in [-0.25, -0.2) is 0 Å². The molecule has 0 aromatic carbocycles. The van der Waals surface area contributed by atoms with Gasteiger partial charge in [0.25, 0.3) is 0 Å². The number of aromatic nitrogens is 6. The molecule has 0 radical (unpaired) electrons. The van der Waals surface area contributed by atoms with E-state index in [1.807, 2.05) is 0 Å². The second-order valence-corrected chi connectivity index (χ2v) is 2.08. The number of aromatic amines is 1. The summed E-state index contributed by atoms with van der Waals surface area (Å²) in [5.41, 5.74) is 0. The van der Waals surface area contributed by atoms with Crippen molar-refractivity contribution in [1.82, 2.24) is 30.4 Å². The van der Waals surface area contributed by atoms with Crippen LogP contribution in [0, 0.1) is 0 Å². The second-order valence-electron chi connectivity index (χ2n) is 1.76. The maximum absolute atomic E-state index is 10.1. The van der Waals surface area contributed by atoms with Crippen LogP contribution in [0.2, 0.25) is 0 Å². The van der Waals surface area contributed by atoms with Gasteiger partial charge in [0.1, 0.15) is 0 Å². The van der Waals surface area contributed by atoms with Crippen LogP contribution in [-0.4, -0.2) is 35.8 Å². The molecule has 0 bridgehead atoms. The van der Waals surface area contributed by atoms with Gasteiger partial charge < -0.3 is 0 Å². The van der Waals surface area contributed by atoms with E-state index in [1.54, 1.807) is 12.4 Å². The third-order valence-electron chi connectivity index (χ3n) is 0.934. The first-order valence-electron chi connectivity index (χ1n) is 3.17. The molecule has 0 spiro atoms. The van der Waals surface area contributed by atoms with Crippen LogP contribution in [0.3, 0.4) is 0 Å². The van der Waals surface area contributed by atoms with Gasteiger partial charge in [0.2, 0.25) is 0 Å². The van der Waals surface area contributed by atoms with E-state index in [0.717, 1.165) is 4.68 Å². The Morgan fingerprint density at radius 1 is 1.38 bits per heavy atom. The molecule has 8 heteroatoms. The second kappa shape index (κ2) is 4.99. The third-order valence-corrected chi connectivity index (χ3v) is 1.11. The molecule has 0 atom stereocenters. The third kappa shape index (κ3) is 3.43. The molecule has 0 saturated heterocycles. The Balaban J connectivity index is 0.000000145. The van der Waals surface area contributed by atoms with Crippen molar-refractivity contribution in [3.63, 3.8) is 0 Å². The van der Waals surface area contributed by atoms with E-state index in [4.69, 9.17) is 11.6 Å². The molecule has 0 aliphatic heterocycles. The van der Waals surface area contributed by atoms with Crippen molar-refractivity contribution in [1.29, 1.82) is 0 Å². The summed E-state index contributed by atoms with van der Waals surface area (Å²) in [5.74, 6) is 0. The minimum atomic E-state index is -0.650. The fourth-order valence-electron chi connectivity index (χ4n) is 0.469. The highest BCUT2D eigenvalue weighted by atomic mass is 35.5. The number of nitrogens with one attached hydrogen (secondary N) is 1. The molecular weight excluding hydrogens is 196 g/mol. The van der Waals surface area contributed by atoms with Crippen LogP contribution in [-0.2, 0) is 0 Å². The van der Waals surface area contributed by atoms with E-state index in [-0.39, 0.29) is 0 Å². The van der Waals surface area contributed by atoms with Gasteiger partial charge in [-0.2, -0.15) is 4.68 Å². The lowest BCUT2D eigenvalue weighted by Crippen LogP contribution is -2.01. The fourth-order valence-corrected chi connectivity index (χ4v) is 0.559. The van der Waals surface area contributed by atoms with Crippen LogP contribution in [0.1, 0.15) is 0 Å². The van der Waals surface area contributed by atoms with Crippen molar-refractivity contribution in [2.75, 3.05) is 0 Å². The zero-order valence-electron chi connectivity index (χ0n) is 6.33. The lowest BCUT2D eigenvalue weighted by atomic mass is 10.9. The Morgan fingerprint density at radius 3 is 2.46 bits per heavy atom. The summed E-state index contributed by atoms with van der Waals surface area (Å²) in [6.45, 7) is 0. The molecule has 0 aliphatic carbocycles. The van der Waals surface area contributed by atoms with Gasteiger partial charge in [-0.3, -0.25) is 9.89 Å². The summed E-state index contributed by atoms with van der Waals surface area (Å²) in [7, 11) is 0. The van der Waals surface area contributed by atoms with Gasteiger partial charge >= 0.3 is 5.37 Å². The van der Waals surface area contributed by atoms with Crippen LogP contribution in [0.25, 0.3) is 0 Å². The lowest BCUT2D eigenvalue weighted by Gasteiger charge is -1.81. The topological polar surface area (TPSA) is 89.4 Å². The number of hydrogen-bond donors (Lipinski definition) is 1. The van der Waals surface area contributed by atoms with Crippen LogP contribution >= 0.6 is 11.6 Å². The highest BCUT2D eigenvalue weighted by molar-refractivity contribution is 6.63. The van der Waals surface area contributed by atoms with E-state index in [9.17, 15) is 4.79 Å². The van der Waals surface area contributed by atoms with Gasteiger partial charge in [-0.1, -0.05) is 10.4 Å². The monoisotopic (exact) mass is 200 g/mol. The summed E-state index contributed by atoms with van der Waals surface area (Å²) < 4.78 is 0.932. The summed E-state index contributed by atoms with van der Waals surface area (Å²) in [6.07, 6.45) is 5.98. The van der Waals surface area contributed by atoms with Gasteiger partial charge in [-0.05, 0) is 11.6 Å². The number of nitrogens with zero attached hydrogens (tertiary/aromatic N) is 5. The molecular formula is C5H5ClN6O. The largest absolute Gasteiger partial charge is 0.342 e. The maximum atomic E-state index is 10.1. The summed E-state index contributed by atoms with van der Waals surface area (Å²) in [6, 6.07) is 0. The predicted molar refractivity (Wildman–Crippen MR) is 43.1 cm³/mol. The van der Waals surface area contributed by atoms with Crippen molar-refractivity contribution >= 4 is 17.0 Å². The van der Waals surface area contributed by atoms with Crippen molar-refractivity contribution in [2.45, 2.75) is 0 Å². The molecule has 0 aliphatic rings. The molecule has 2 heterocycles. The Hall–Kier alpha value is -1.76. The molecule has 0 fully saturated rings. The predicted octanol–water partition coefficient (Wildman–Crippen LogP) is 0.290. The lowest BCUT2D eigenvalue weighted by molar-refractivity contribution is 0.258. The van der Waals surface area contributed by atoms with Crippen molar-refractivity contribution in [2.24, 2.45) is 0 Å². The molecule has 7 nitrogen and oxygen atoms in total. The van der Waals surface area contributed by atoms with Gasteiger partial charge in [0, 0.05) is 6.20 Å². The summed E-state index contributed by atoms with van der Waals surface area (Å²) in [4.78, 5) is 10.1. The molecule has 0 saturated carbocycles. The molecule has 0 unspecified atom stereocenters. The quantitative estimate of drug-likeness (QED) is 0.618. The summed E-state index contributed by atoms with van der Waals surface area (Å²) in [5, 5.41) is 15.3. The number of hydrogen-bond acceptors (Lipinski definition) is 5. The van der Waals surface area contributed by atoms with E-state index >= 15 is 0 Å². The van der Waals surface area contributed by atoms with Crippen LogP contribution < -0.4 is 0 Å². The van der Waals surface area contributed by atoms with E-state index < -0.39 is 5.37 Å². The highest BCUT2D eigenvalue weighted by Gasteiger charge is 1.95. The van der Waals surface area contributed by atoms with Crippen molar-refractivity contribution in [3.8, 4) is 0 Å². The zero-order valence-corrected chi connectivity index (χ0v) is 7.09. The molecule has 68 valence electrons. The molecule has 13 heavy (non-hydrogen) atoms. The SMILES string of the molecule is O=C(Cl)n1ccnn1.c1c[nH]nn1. The number of halogens is 1. The Morgan fingerprint density at radius 2 is 2.23 bits per heavy atom. The first-order chi connectivity index (χ1) is 6.30. The minimum Gasteiger partial charge on any atom is -0.266 e. The first kappa shape index (κ1) is 9.33. The first-order valence-corrected chi connectivity index (χ1v) is 3.55. The molecule has 2 aromatic heterocycles. The number of H-pyrrole nitrogens is 1. The fraction of sp³-hybridized carbons (Fsp3) is 0. The highest BCUT2D eigenvalue weighted by Crippen LogP contribution is 1.85. The minimum absolute atomic E-state index is 0.650. The standard InChI is InChI=1S/C3H2ClN3O.C2H3N3/c4-3(8)7-2-1-5-6-7;1-2-4-5-3-1/h1-2H;1-2H,(H,3,4,5). The average Bonchev–Trinajstić information content (AvgIpc) is 2.82. The van der Waals surface area contributed by atoms with Crippen molar-refractivity contribution < 1.29 is 4.79 Å². The van der Waals surface area contributed by atoms with E-state index in [2.05, 4.69) is 25.7 Å². The Kier molecular flexibility index (Phi) is 3.58.